The van der Waals surface area contributed by atoms with E-state index in [0.29, 0.717) is 0 Å². The molecule has 0 unspecified atom stereocenters. The van der Waals surface area contributed by atoms with Crippen molar-refractivity contribution < 1.29 is 0 Å². The highest BCUT2D eigenvalue weighted by atomic mass is 35.5. The lowest BCUT2D eigenvalue weighted by atomic mass is 10.1. The van der Waals surface area contributed by atoms with E-state index in [0.717, 1.165) is 27.5 Å². The molecular formula is C12H13Cl. The summed E-state index contributed by atoms with van der Waals surface area (Å²) in [6.07, 6.45) is 2.77. The lowest BCUT2D eigenvalue weighted by Crippen LogP contribution is -2.25. The van der Waals surface area contributed by atoms with E-state index in [4.69, 9.17) is 11.6 Å². The maximum absolute atomic E-state index is 6.07. The van der Waals surface area contributed by atoms with Crippen molar-refractivity contribution in [3.05, 3.63) is 46.3 Å². The monoisotopic (exact) mass is 192 g/mol. The third-order valence-corrected chi connectivity index (χ3v) is 2.36. The summed E-state index contributed by atoms with van der Waals surface area (Å²) in [5.74, 6) is 0. The predicted octanol–water partition coefficient (Wildman–Crippen LogP) is 2.50. The Morgan fingerprint density at radius 1 is 1.54 bits per heavy atom. The Morgan fingerprint density at radius 2 is 2.23 bits per heavy atom. The summed E-state index contributed by atoms with van der Waals surface area (Å²) < 4.78 is 0. The summed E-state index contributed by atoms with van der Waals surface area (Å²) in [7, 11) is 0. The first-order valence-electron chi connectivity index (χ1n) is 4.29. The molecule has 0 N–H and O–H groups in total. The van der Waals surface area contributed by atoms with Crippen LogP contribution in [-0.2, 0) is 0 Å². The van der Waals surface area contributed by atoms with Gasteiger partial charge in [-0.15, -0.1) is 0 Å². The molecule has 0 aliphatic carbocycles. The van der Waals surface area contributed by atoms with Crippen LogP contribution in [0.4, 0.5) is 0 Å². The predicted molar refractivity (Wildman–Crippen MR) is 60.1 cm³/mol. The molecule has 0 atom stereocenters. The van der Waals surface area contributed by atoms with Gasteiger partial charge >= 0.3 is 0 Å². The Balaban J connectivity index is 3.69. The molecule has 0 aromatic heterocycles. The van der Waals surface area contributed by atoms with Gasteiger partial charge in [-0.2, -0.15) is 0 Å². The second kappa shape index (κ2) is 4.29. The zero-order valence-corrected chi connectivity index (χ0v) is 8.56. The highest BCUT2D eigenvalue weighted by Gasteiger charge is 1.96. The summed E-state index contributed by atoms with van der Waals surface area (Å²) in [4.78, 5) is 0. The van der Waals surface area contributed by atoms with E-state index in [9.17, 15) is 0 Å². The number of rotatable bonds is 2. The minimum absolute atomic E-state index is 0.754. The molecule has 0 saturated carbocycles. The maximum atomic E-state index is 6.07. The molecule has 68 valence electrons. The Hall–Kier alpha value is -1.01. The van der Waals surface area contributed by atoms with Crippen LogP contribution in [0.1, 0.15) is 13.3 Å². The summed E-state index contributed by atoms with van der Waals surface area (Å²) in [5, 5.41) is 2.75. The largest absolute Gasteiger partial charge is 0.0988 e. The number of hydrogen-bond donors (Lipinski definition) is 0. The minimum Gasteiger partial charge on any atom is -0.0988 e. The third-order valence-electron chi connectivity index (χ3n) is 2.05. The fraction of sp³-hybridized carbons (Fsp3) is 0.167. The molecule has 0 heterocycles. The van der Waals surface area contributed by atoms with Crippen molar-refractivity contribution in [3.63, 3.8) is 0 Å². The number of halogens is 1. The van der Waals surface area contributed by atoms with Crippen molar-refractivity contribution in [1.82, 2.24) is 0 Å². The van der Waals surface area contributed by atoms with E-state index >= 15 is 0 Å². The van der Waals surface area contributed by atoms with Crippen LogP contribution in [0.15, 0.2) is 30.9 Å². The van der Waals surface area contributed by atoms with Gasteiger partial charge in [-0.3, -0.25) is 0 Å². The third kappa shape index (κ3) is 2.02. The molecule has 1 aromatic rings. The summed E-state index contributed by atoms with van der Waals surface area (Å²) in [5.41, 5.74) is 1.15. The first-order chi connectivity index (χ1) is 6.20. The van der Waals surface area contributed by atoms with E-state index in [1.807, 2.05) is 24.3 Å². The molecule has 1 heteroatoms. The molecule has 1 rings (SSSR count). The van der Waals surface area contributed by atoms with Gasteiger partial charge in [0.05, 0.1) is 0 Å². The first kappa shape index (κ1) is 10.1. The highest BCUT2D eigenvalue weighted by molar-refractivity contribution is 6.30. The topological polar surface area (TPSA) is 0 Å². The molecule has 0 saturated heterocycles. The standard InChI is InChI=1S/C12H13Cl/c1-4-10(5-2)12-9(3)7-6-8-11(12)13/h4,6-8H,1,3,5H2,2H3/b12-10-. The Labute approximate surface area is 83.9 Å². The molecule has 0 aliphatic heterocycles. The van der Waals surface area contributed by atoms with Crippen LogP contribution in [-0.4, -0.2) is 0 Å². The molecule has 0 aliphatic rings. The molecular weight excluding hydrogens is 180 g/mol. The summed E-state index contributed by atoms with van der Waals surface area (Å²) in [6.45, 7) is 9.80. The van der Waals surface area contributed by atoms with E-state index in [-0.39, 0.29) is 0 Å². The maximum Gasteiger partial charge on any atom is 0.0486 e. The lowest BCUT2D eigenvalue weighted by Gasteiger charge is -1.99. The Morgan fingerprint density at radius 3 is 2.69 bits per heavy atom. The molecule has 0 bridgehead atoms. The average molecular weight is 193 g/mol. The number of benzene rings is 1. The van der Waals surface area contributed by atoms with E-state index in [1.165, 1.54) is 0 Å². The highest BCUT2D eigenvalue weighted by Crippen LogP contribution is 2.04. The fourth-order valence-electron chi connectivity index (χ4n) is 1.35. The number of allylic oxidation sites excluding steroid dienone is 1. The summed E-state index contributed by atoms with van der Waals surface area (Å²) in [6, 6.07) is 5.75. The van der Waals surface area contributed by atoms with Gasteiger partial charge in [0, 0.05) is 10.2 Å². The SMILES string of the molecule is C=C/C(CC)=c1/c(Cl)cccc1=C. The molecule has 0 nitrogen and oxygen atoms in total. The van der Waals surface area contributed by atoms with Crippen LogP contribution >= 0.6 is 11.6 Å². The van der Waals surface area contributed by atoms with Gasteiger partial charge in [0.25, 0.3) is 0 Å². The number of hydrogen-bond acceptors (Lipinski definition) is 0. The van der Waals surface area contributed by atoms with Crippen LogP contribution in [0.25, 0.3) is 12.2 Å². The average Bonchev–Trinajstić information content (AvgIpc) is 2.11. The van der Waals surface area contributed by atoms with Crippen molar-refractivity contribution in [2.75, 3.05) is 0 Å². The van der Waals surface area contributed by atoms with Gasteiger partial charge in [-0.05, 0) is 23.3 Å². The summed E-state index contributed by atoms with van der Waals surface area (Å²) >= 11 is 6.07. The minimum atomic E-state index is 0.754. The molecule has 1 aromatic carbocycles. The second-order valence-corrected chi connectivity index (χ2v) is 3.26. The van der Waals surface area contributed by atoms with Crippen molar-refractivity contribution in [1.29, 1.82) is 0 Å². The zero-order valence-electron chi connectivity index (χ0n) is 7.81. The molecule has 0 amide bonds. The van der Waals surface area contributed by atoms with Crippen molar-refractivity contribution >= 4 is 23.8 Å². The van der Waals surface area contributed by atoms with Crippen LogP contribution in [0.5, 0.6) is 0 Å². The van der Waals surface area contributed by atoms with Gasteiger partial charge in [-0.1, -0.05) is 49.9 Å². The van der Waals surface area contributed by atoms with Gasteiger partial charge < -0.3 is 0 Å². The van der Waals surface area contributed by atoms with E-state index in [2.05, 4.69) is 20.1 Å². The normalized spacial score (nSPS) is 12.5. The van der Waals surface area contributed by atoms with Crippen molar-refractivity contribution in [3.8, 4) is 0 Å². The van der Waals surface area contributed by atoms with Crippen LogP contribution < -0.4 is 10.4 Å². The van der Waals surface area contributed by atoms with Crippen LogP contribution in [0.3, 0.4) is 0 Å². The first-order valence-corrected chi connectivity index (χ1v) is 4.67. The van der Waals surface area contributed by atoms with Crippen LogP contribution in [0.2, 0.25) is 5.02 Å². The molecule has 0 radical (unpaired) electrons. The fourth-order valence-corrected chi connectivity index (χ4v) is 1.67. The Bertz CT molecular complexity index is 415. The zero-order chi connectivity index (χ0) is 9.84. The Kier molecular flexibility index (Phi) is 3.32. The van der Waals surface area contributed by atoms with Gasteiger partial charge in [0.2, 0.25) is 0 Å². The molecule has 13 heavy (non-hydrogen) atoms. The lowest BCUT2D eigenvalue weighted by molar-refractivity contribution is 1.23. The quantitative estimate of drug-likeness (QED) is 0.676. The van der Waals surface area contributed by atoms with E-state index in [1.54, 1.807) is 0 Å². The van der Waals surface area contributed by atoms with Gasteiger partial charge in [-0.25, -0.2) is 0 Å². The second-order valence-electron chi connectivity index (χ2n) is 2.86. The smallest absolute Gasteiger partial charge is 0.0486 e. The molecule has 0 spiro atoms. The van der Waals surface area contributed by atoms with Crippen molar-refractivity contribution in [2.24, 2.45) is 0 Å². The van der Waals surface area contributed by atoms with Gasteiger partial charge in [0.15, 0.2) is 0 Å². The molecule has 0 fully saturated rings. The van der Waals surface area contributed by atoms with Crippen LogP contribution in [0, 0.1) is 0 Å². The van der Waals surface area contributed by atoms with Crippen molar-refractivity contribution in [2.45, 2.75) is 13.3 Å². The van der Waals surface area contributed by atoms with Gasteiger partial charge in [0.1, 0.15) is 0 Å². The van der Waals surface area contributed by atoms with E-state index < -0.39 is 0 Å².